The van der Waals surface area contributed by atoms with Crippen molar-refractivity contribution in [3.63, 3.8) is 0 Å². The minimum Gasteiger partial charge on any atom is -0.338 e. The molecule has 0 aliphatic rings. The quantitative estimate of drug-likeness (QED) is 0.697. The monoisotopic (exact) mass is 403 g/mol. The van der Waals surface area contributed by atoms with E-state index in [1.54, 1.807) is 6.07 Å². The highest BCUT2D eigenvalue weighted by Crippen LogP contribution is 2.32. The molecule has 0 radical (unpaired) electrons. The Morgan fingerprint density at radius 2 is 1.89 bits per heavy atom. The number of halogens is 3. The van der Waals surface area contributed by atoms with E-state index in [1.807, 2.05) is 18.2 Å². The second kappa shape index (κ2) is 6.68. The maximum absolute atomic E-state index is 6.02. The summed E-state index contributed by atoms with van der Waals surface area (Å²) in [6, 6.07) is 7.59. The molecule has 1 aromatic carbocycles. The lowest BCUT2D eigenvalue weighted by atomic mass is 10.3. The second-order valence-electron chi connectivity index (χ2n) is 3.96. The molecule has 0 bridgehead atoms. The Bertz CT molecular complexity index is 570. The van der Waals surface area contributed by atoms with Gasteiger partial charge in [0.15, 0.2) is 0 Å². The highest BCUT2D eigenvalue weighted by atomic mass is 79.9. The van der Waals surface area contributed by atoms with Crippen molar-refractivity contribution in [2.45, 2.75) is 19.8 Å². The van der Waals surface area contributed by atoms with Gasteiger partial charge >= 0.3 is 0 Å². The van der Waals surface area contributed by atoms with Crippen LogP contribution in [-0.4, -0.2) is 9.97 Å². The number of aryl methyl sites for hydroxylation is 1. The molecule has 3 nitrogen and oxygen atoms in total. The molecule has 0 spiro atoms. The van der Waals surface area contributed by atoms with E-state index in [2.05, 4.69) is 54.1 Å². The van der Waals surface area contributed by atoms with Crippen LogP contribution in [0.25, 0.3) is 0 Å². The van der Waals surface area contributed by atoms with E-state index >= 15 is 0 Å². The molecular formula is C13H12Br2ClN3. The molecule has 0 fully saturated rings. The molecule has 1 heterocycles. The Balaban J connectivity index is 2.33. The zero-order valence-corrected chi connectivity index (χ0v) is 14.2. The number of hydrogen-bond acceptors (Lipinski definition) is 3. The highest BCUT2D eigenvalue weighted by molar-refractivity contribution is 9.11. The molecule has 100 valence electrons. The molecule has 0 unspecified atom stereocenters. The zero-order chi connectivity index (χ0) is 13.8. The van der Waals surface area contributed by atoms with Gasteiger partial charge in [-0.05, 0) is 50.4 Å². The third kappa shape index (κ3) is 3.91. The average molecular weight is 406 g/mol. The van der Waals surface area contributed by atoms with Crippen LogP contribution in [0.1, 0.15) is 19.2 Å². The van der Waals surface area contributed by atoms with Crippen molar-refractivity contribution in [3.8, 4) is 0 Å². The Hall–Kier alpha value is -0.650. The third-order valence-corrected chi connectivity index (χ3v) is 3.95. The number of aromatic nitrogens is 2. The Kier molecular flexibility index (Phi) is 5.19. The predicted molar refractivity (Wildman–Crippen MR) is 86.2 cm³/mol. The smallest absolute Gasteiger partial charge is 0.135 e. The normalized spacial score (nSPS) is 10.5. The maximum atomic E-state index is 6.02. The van der Waals surface area contributed by atoms with Crippen LogP contribution in [0.5, 0.6) is 0 Å². The van der Waals surface area contributed by atoms with E-state index in [0.717, 1.165) is 33.3 Å². The standard InChI is InChI=1S/C13H12Br2ClN3/c1-2-4-11-17-10(16)7-12(18-11)19-13-8(14)5-3-6-9(13)15/h3,5-7H,2,4H2,1H3,(H,17,18,19). The topological polar surface area (TPSA) is 37.8 Å². The van der Waals surface area contributed by atoms with Crippen LogP contribution in [-0.2, 0) is 6.42 Å². The third-order valence-electron chi connectivity index (χ3n) is 2.43. The molecule has 6 heteroatoms. The number of hydrogen-bond donors (Lipinski definition) is 1. The lowest BCUT2D eigenvalue weighted by Crippen LogP contribution is -2.01. The van der Waals surface area contributed by atoms with Gasteiger partial charge < -0.3 is 5.32 Å². The highest BCUT2D eigenvalue weighted by Gasteiger charge is 2.08. The summed E-state index contributed by atoms with van der Waals surface area (Å²) < 4.78 is 1.90. The first-order valence-electron chi connectivity index (χ1n) is 5.84. The molecule has 0 amide bonds. The molecule has 1 aromatic heterocycles. The van der Waals surface area contributed by atoms with Crippen LogP contribution in [0.4, 0.5) is 11.5 Å². The Morgan fingerprint density at radius 1 is 1.21 bits per heavy atom. The molecule has 2 aromatic rings. The van der Waals surface area contributed by atoms with Gasteiger partial charge in [0.2, 0.25) is 0 Å². The fourth-order valence-corrected chi connectivity index (χ4v) is 3.01. The predicted octanol–water partition coefficient (Wildman–Crippen LogP) is 5.35. The van der Waals surface area contributed by atoms with Crippen molar-refractivity contribution < 1.29 is 0 Å². The van der Waals surface area contributed by atoms with Crippen molar-refractivity contribution in [1.82, 2.24) is 9.97 Å². The summed E-state index contributed by atoms with van der Waals surface area (Å²) in [5, 5.41) is 3.70. The van der Waals surface area contributed by atoms with Crippen molar-refractivity contribution in [2.24, 2.45) is 0 Å². The molecule has 0 atom stereocenters. The number of benzene rings is 1. The number of anilines is 2. The van der Waals surface area contributed by atoms with Gasteiger partial charge in [0.05, 0.1) is 5.69 Å². The number of para-hydroxylation sites is 1. The summed E-state index contributed by atoms with van der Waals surface area (Å²) in [7, 11) is 0. The van der Waals surface area contributed by atoms with Crippen LogP contribution >= 0.6 is 43.5 Å². The molecule has 0 aliphatic carbocycles. The molecule has 1 N–H and O–H groups in total. The van der Waals surface area contributed by atoms with Gasteiger partial charge in [0.1, 0.15) is 16.8 Å². The Morgan fingerprint density at radius 3 is 2.53 bits per heavy atom. The van der Waals surface area contributed by atoms with Gasteiger partial charge in [-0.1, -0.05) is 24.6 Å². The Labute approximate surface area is 134 Å². The van der Waals surface area contributed by atoms with E-state index in [4.69, 9.17) is 11.6 Å². The van der Waals surface area contributed by atoms with Crippen LogP contribution < -0.4 is 5.32 Å². The second-order valence-corrected chi connectivity index (χ2v) is 6.06. The molecule has 0 saturated carbocycles. The van der Waals surface area contributed by atoms with E-state index in [1.165, 1.54) is 0 Å². The molecule has 0 aliphatic heterocycles. The first-order chi connectivity index (χ1) is 9.10. The largest absolute Gasteiger partial charge is 0.338 e. The first kappa shape index (κ1) is 14.8. The van der Waals surface area contributed by atoms with E-state index in [0.29, 0.717) is 11.0 Å². The van der Waals surface area contributed by atoms with Gasteiger partial charge in [0.25, 0.3) is 0 Å². The van der Waals surface area contributed by atoms with Crippen LogP contribution in [0, 0.1) is 0 Å². The van der Waals surface area contributed by atoms with Crippen LogP contribution in [0.15, 0.2) is 33.2 Å². The molecule has 19 heavy (non-hydrogen) atoms. The van der Waals surface area contributed by atoms with E-state index in [9.17, 15) is 0 Å². The van der Waals surface area contributed by atoms with Crippen LogP contribution in [0.3, 0.4) is 0 Å². The maximum Gasteiger partial charge on any atom is 0.135 e. The van der Waals surface area contributed by atoms with Gasteiger partial charge in [-0.15, -0.1) is 0 Å². The first-order valence-corrected chi connectivity index (χ1v) is 7.81. The van der Waals surface area contributed by atoms with Crippen molar-refractivity contribution in [1.29, 1.82) is 0 Å². The summed E-state index contributed by atoms with van der Waals surface area (Å²) in [6.07, 6.45) is 1.80. The zero-order valence-electron chi connectivity index (χ0n) is 10.3. The fraction of sp³-hybridized carbons (Fsp3) is 0.231. The van der Waals surface area contributed by atoms with E-state index < -0.39 is 0 Å². The average Bonchev–Trinajstić information content (AvgIpc) is 2.34. The molecule has 2 rings (SSSR count). The summed E-state index contributed by atoms with van der Waals surface area (Å²) >= 11 is 13.0. The van der Waals surface area contributed by atoms with Crippen molar-refractivity contribution in [2.75, 3.05) is 5.32 Å². The summed E-state index contributed by atoms with van der Waals surface area (Å²) in [4.78, 5) is 8.65. The van der Waals surface area contributed by atoms with Gasteiger partial charge in [-0.3, -0.25) is 0 Å². The summed E-state index contributed by atoms with van der Waals surface area (Å²) in [6.45, 7) is 2.09. The van der Waals surface area contributed by atoms with E-state index in [-0.39, 0.29) is 0 Å². The van der Waals surface area contributed by atoms with Crippen molar-refractivity contribution >= 4 is 55.0 Å². The number of nitrogens with one attached hydrogen (secondary N) is 1. The van der Waals surface area contributed by atoms with Crippen molar-refractivity contribution in [3.05, 3.63) is 44.2 Å². The lowest BCUT2D eigenvalue weighted by Gasteiger charge is -2.11. The number of rotatable bonds is 4. The minimum absolute atomic E-state index is 0.448. The fourth-order valence-electron chi connectivity index (χ4n) is 1.61. The summed E-state index contributed by atoms with van der Waals surface area (Å²) in [5.41, 5.74) is 0.916. The van der Waals surface area contributed by atoms with Crippen LogP contribution in [0.2, 0.25) is 5.15 Å². The van der Waals surface area contributed by atoms with Gasteiger partial charge in [0, 0.05) is 21.4 Å². The number of nitrogens with zero attached hydrogens (tertiary/aromatic N) is 2. The SMILES string of the molecule is CCCc1nc(Cl)cc(Nc2c(Br)cccc2Br)n1. The van der Waals surface area contributed by atoms with Gasteiger partial charge in [-0.2, -0.15) is 0 Å². The lowest BCUT2D eigenvalue weighted by molar-refractivity contribution is 0.837. The summed E-state index contributed by atoms with van der Waals surface area (Å²) in [5.74, 6) is 1.44. The molecule has 0 saturated heterocycles. The molecular weight excluding hydrogens is 393 g/mol. The minimum atomic E-state index is 0.448. The van der Waals surface area contributed by atoms with Gasteiger partial charge in [-0.25, -0.2) is 9.97 Å².